The molecule has 2 aromatic carbocycles. The number of rotatable bonds is 6. The van der Waals surface area contributed by atoms with Crippen LogP contribution in [0.25, 0.3) is 0 Å². The molecule has 0 aliphatic heterocycles. The molecule has 0 aromatic heterocycles. The molecule has 0 unspecified atom stereocenters. The summed E-state index contributed by atoms with van der Waals surface area (Å²) in [6.45, 7) is 2.54. The third-order valence-corrected chi connectivity index (χ3v) is 5.66. The molecule has 0 bridgehead atoms. The van der Waals surface area contributed by atoms with Crippen molar-refractivity contribution in [3.8, 4) is 0 Å². The van der Waals surface area contributed by atoms with Crippen LogP contribution in [0.15, 0.2) is 59.5 Å². The van der Waals surface area contributed by atoms with E-state index in [0.29, 0.717) is 12.2 Å². The second-order valence-corrected chi connectivity index (χ2v) is 8.11. The lowest BCUT2D eigenvalue weighted by molar-refractivity contribution is 0.251. The first-order chi connectivity index (χ1) is 11.8. The van der Waals surface area contributed by atoms with Crippen molar-refractivity contribution in [2.45, 2.75) is 17.7 Å². The summed E-state index contributed by atoms with van der Waals surface area (Å²) >= 11 is 0. The van der Waals surface area contributed by atoms with Crippen LogP contribution >= 0.6 is 0 Å². The zero-order chi connectivity index (χ0) is 18.4. The Hall–Kier alpha value is -2.38. The molecular formula is C18H23N3O3S. The van der Waals surface area contributed by atoms with Crippen molar-refractivity contribution in [1.29, 1.82) is 0 Å². The Morgan fingerprint density at radius 3 is 2.20 bits per heavy atom. The van der Waals surface area contributed by atoms with Crippen LogP contribution in [0.1, 0.15) is 18.4 Å². The van der Waals surface area contributed by atoms with E-state index in [-0.39, 0.29) is 16.8 Å². The maximum atomic E-state index is 12.0. The fourth-order valence-corrected chi connectivity index (χ4v) is 3.14. The SMILES string of the molecule is C[C@@H](CNC(=O)Nc1ccc(S(=O)(=O)N(C)C)cc1)c1ccccc1. The van der Waals surface area contributed by atoms with E-state index in [1.165, 1.54) is 26.2 Å². The van der Waals surface area contributed by atoms with Gasteiger partial charge in [0, 0.05) is 26.3 Å². The van der Waals surface area contributed by atoms with Crippen LogP contribution in [0, 0.1) is 0 Å². The zero-order valence-corrected chi connectivity index (χ0v) is 15.4. The monoisotopic (exact) mass is 361 g/mol. The van der Waals surface area contributed by atoms with E-state index in [0.717, 1.165) is 9.87 Å². The molecule has 1 atom stereocenters. The summed E-state index contributed by atoms with van der Waals surface area (Å²) in [5.74, 6) is 0.194. The van der Waals surface area contributed by atoms with Gasteiger partial charge in [0.05, 0.1) is 4.90 Å². The average Bonchev–Trinajstić information content (AvgIpc) is 2.60. The normalized spacial score (nSPS) is 12.6. The number of nitrogens with one attached hydrogen (secondary N) is 2. The number of sulfonamides is 1. The molecule has 0 saturated heterocycles. The lowest BCUT2D eigenvalue weighted by Gasteiger charge is -2.14. The summed E-state index contributed by atoms with van der Waals surface area (Å²) < 4.78 is 25.2. The first-order valence-electron chi connectivity index (χ1n) is 7.93. The van der Waals surface area contributed by atoms with Crippen molar-refractivity contribution in [3.63, 3.8) is 0 Å². The number of anilines is 1. The molecule has 0 fully saturated rings. The van der Waals surface area contributed by atoms with Crippen molar-refractivity contribution in [1.82, 2.24) is 9.62 Å². The molecule has 0 aliphatic rings. The molecule has 0 spiro atoms. The Kier molecular flexibility index (Phi) is 6.17. The molecule has 2 amide bonds. The van der Waals surface area contributed by atoms with E-state index >= 15 is 0 Å². The van der Waals surface area contributed by atoms with Crippen LogP contribution in [-0.2, 0) is 10.0 Å². The van der Waals surface area contributed by atoms with E-state index in [9.17, 15) is 13.2 Å². The van der Waals surface area contributed by atoms with Crippen LogP contribution in [-0.4, -0.2) is 39.4 Å². The van der Waals surface area contributed by atoms with Gasteiger partial charge in [-0.3, -0.25) is 0 Å². The summed E-state index contributed by atoms with van der Waals surface area (Å²) in [6, 6.07) is 15.7. The Morgan fingerprint density at radius 1 is 1.04 bits per heavy atom. The highest BCUT2D eigenvalue weighted by Gasteiger charge is 2.16. The van der Waals surface area contributed by atoms with Gasteiger partial charge in [-0.05, 0) is 35.7 Å². The summed E-state index contributed by atoms with van der Waals surface area (Å²) in [7, 11) is -0.519. The molecule has 0 heterocycles. The van der Waals surface area contributed by atoms with E-state index in [1.807, 2.05) is 37.3 Å². The average molecular weight is 361 g/mol. The molecule has 6 nitrogen and oxygen atoms in total. The zero-order valence-electron chi connectivity index (χ0n) is 14.6. The van der Waals surface area contributed by atoms with Gasteiger partial charge >= 0.3 is 6.03 Å². The van der Waals surface area contributed by atoms with Gasteiger partial charge < -0.3 is 10.6 Å². The van der Waals surface area contributed by atoms with E-state index in [4.69, 9.17) is 0 Å². The predicted molar refractivity (Wildman–Crippen MR) is 99.2 cm³/mol. The highest BCUT2D eigenvalue weighted by atomic mass is 32.2. The van der Waals surface area contributed by atoms with E-state index in [2.05, 4.69) is 10.6 Å². The van der Waals surface area contributed by atoms with Gasteiger partial charge in [0.2, 0.25) is 10.0 Å². The second-order valence-electron chi connectivity index (χ2n) is 5.96. The molecule has 25 heavy (non-hydrogen) atoms. The standard InChI is InChI=1S/C18H23N3O3S/c1-14(15-7-5-4-6-8-15)13-19-18(22)20-16-9-11-17(12-10-16)25(23,24)21(2)3/h4-12,14H,13H2,1-3H3,(H2,19,20,22)/t14-/m0/s1. The number of benzene rings is 2. The lowest BCUT2D eigenvalue weighted by atomic mass is 10.0. The Balaban J connectivity index is 1.91. The van der Waals surface area contributed by atoms with Crippen LogP contribution in [0.3, 0.4) is 0 Å². The molecule has 2 rings (SSSR count). The Labute approximate surface area is 148 Å². The molecule has 0 saturated carbocycles. The number of carbonyl (C=O) groups excluding carboxylic acids is 1. The van der Waals surface area contributed by atoms with Crippen molar-refractivity contribution in [2.75, 3.05) is 26.0 Å². The number of hydrogen-bond acceptors (Lipinski definition) is 3. The summed E-state index contributed by atoms with van der Waals surface area (Å²) in [5.41, 5.74) is 1.68. The fraction of sp³-hybridized carbons (Fsp3) is 0.278. The number of urea groups is 1. The first kappa shape index (κ1) is 19.0. The van der Waals surface area contributed by atoms with Gasteiger partial charge in [0.25, 0.3) is 0 Å². The number of carbonyl (C=O) groups is 1. The van der Waals surface area contributed by atoms with Crippen LogP contribution < -0.4 is 10.6 Å². The van der Waals surface area contributed by atoms with Crippen molar-refractivity contribution in [2.24, 2.45) is 0 Å². The van der Waals surface area contributed by atoms with Gasteiger partial charge in [-0.25, -0.2) is 17.5 Å². The lowest BCUT2D eigenvalue weighted by Crippen LogP contribution is -2.31. The van der Waals surface area contributed by atoms with Crippen LogP contribution in [0.2, 0.25) is 0 Å². The second kappa shape index (κ2) is 8.13. The summed E-state index contributed by atoms with van der Waals surface area (Å²) in [6.07, 6.45) is 0. The minimum absolute atomic E-state index is 0.182. The van der Waals surface area contributed by atoms with E-state index < -0.39 is 10.0 Å². The van der Waals surface area contributed by atoms with Gasteiger partial charge in [0.15, 0.2) is 0 Å². The molecule has 0 aliphatic carbocycles. The van der Waals surface area contributed by atoms with Gasteiger partial charge in [0.1, 0.15) is 0 Å². The highest BCUT2D eigenvalue weighted by molar-refractivity contribution is 7.89. The summed E-state index contributed by atoms with van der Waals surface area (Å²) in [4.78, 5) is 12.2. The number of nitrogens with zero attached hydrogens (tertiary/aromatic N) is 1. The minimum atomic E-state index is -3.47. The Bertz CT molecular complexity index is 803. The molecule has 0 radical (unpaired) electrons. The topological polar surface area (TPSA) is 78.5 Å². The maximum absolute atomic E-state index is 12.0. The largest absolute Gasteiger partial charge is 0.337 e. The quantitative estimate of drug-likeness (QED) is 0.830. The Morgan fingerprint density at radius 2 is 1.64 bits per heavy atom. The van der Waals surface area contributed by atoms with E-state index in [1.54, 1.807) is 12.1 Å². The van der Waals surface area contributed by atoms with Crippen LogP contribution in [0.4, 0.5) is 10.5 Å². The minimum Gasteiger partial charge on any atom is -0.337 e. The molecule has 2 N–H and O–H groups in total. The van der Waals surface area contributed by atoms with Gasteiger partial charge in [-0.1, -0.05) is 37.3 Å². The number of hydrogen-bond donors (Lipinski definition) is 2. The van der Waals surface area contributed by atoms with Gasteiger partial charge in [-0.15, -0.1) is 0 Å². The van der Waals surface area contributed by atoms with Crippen molar-refractivity contribution >= 4 is 21.7 Å². The smallest absolute Gasteiger partial charge is 0.319 e. The third kappa shape index (κ3) is 5.04. The third-order valence-electron chi connectivity index (χ3n) is 3.83. The number of amides is 2. The fourth-order valence-electron chi connectivity index (χ4n) is 2.24. The molecule has 2 aromatic rings. The first-order valence-corrected chi connectivity index (χ1v) is 9.37. The summed E-state index contributed by atoms with van der Waals surface area (Å²) in [5, 5.41) is 5.51. The molecular weight excluding hydrogens is 338 g/mol. The highest BCUT2D eigenvalue weighted by Crippen LogP contribution is 2.17. The molecule has 134 valence electrons. The molecule has 7 heteroatoms. The van der Waals surface area contributed by atoms with Crippen molar-refractivity contribution < 1.29 is 13.2 Å². The van der Waals surface area contributed by atoms with Gasteiger partial charge in [-0.2, -0.15) is 0 Å². The van der Waals surface area contributed by atoms with Crippen LogP contribution in [0.5, 0.6) is 0 Å². The predicted octanol–water partition coefficient (Wildman–Crippen LogP) is 2.86. The maximum Gasteiger partial charge on any atom is 0.319 e. The van der Waals surface area contributed by atoms with Crippen molar-refractivity contribution in [3.05, 3.63) is 60.2 Å².